The van der Waals surface area contributed by atoms with Crippen LogP contribution in [0.2, 0.25) is 0 Å². The molecular weight excluding hydrogens is 260 g/mol. The SMILES string of the molecule is CCc1cccc2nc3c(=O)[nH]c(C(=O)O)nc3nc12. The molecule has 3 rings (SSSR count). The first-order chi connectivity index (χ1) is 9.60. The number of para-hydroxylation sites is 1. The van der Waals surface area contributed by atoms with Crippen molar-refractivity contribution in [2.75, 3.05) is 0 Å². The minimum absolute atomic E-state index is 0.0377. The Balaban J connectivity index is 2.45. The van der Waals surface area contributed by atoms with Crippen LogP contribution in [0.15, 0.2) is 23.0 Å². The third-order valence-electron chi connectivity index (χ3n) is 3.01. The van der Waals surface area contributed by atoms with Crippen molar-refractivity contribution >= 4 is 28.2 Å². The first-order valence-corrected chi connectivity index (χ1v) is 6.03. The average molecular weight is 270 g/mol. The van der Waals surface area contributed by atoms with Gasteiger partial charge in [-0.2, -0.15) is 0 Å². The normalized spacial score (nSPS) is 11.1. The van der Waals surface area contributed by atoms with Gasteiger partial charge in [-0.25, -0.2) is 19.7 Å². The van der Waals surface area contributed by atoms with E-state index in [0.717, 1.165) is 12.0 Å². The van der Waals surface area contributed by atoms with Crippen molar-refractivity contribution < 1.29 is 9.90 Å². The largest absolute Gasteiger partial charge is 0.475 e. The van der Waals surface area contributed by atoms with Crippen LogP contribution in [0.1, 0.15) is 23.1 Å². The molecule has 0 saturated heterocycles. The van der Waals surface area contributed by atoms with E-state index in [1.807, 2.05) is 19.1 Å². The van der Waals surface area contributed by atoms with Gasteiger partial charge in [-0.15, -0.1) is 0 Å². The number of H-pyrrole nitrogens is 1. The van der Waals surface area contributed by atoms with E-state index >= 15 is 0 Å². The molecule has 100 valence electrons. The summed E-state index contributed by atoms with van der Waals surface area (Å²) >= 11 is 0. The Morgan fingerprint density at radius 2 is 2.05 bits per heavy atom. The quantitative estimate of drug-likeness (QED) is 0.675. The Kier molecular flexibility index (Phi) is 2.67. The molecule has 0 fully saturated rings. The van der Waals surface area contributed by atoms with E-state index in [2.05, 4.69) is 19.9 Å². The Labute approximate surface area is 112 Å². The summed E-state index contributed by atoms with van der Waals surface area (Å²) in [5, 5.41) is 8.90. The third kappa shape index (κ3) is 1.80. The second-order valence-electron chi connectivity index (χ2n) is 4.25. The lowest BCUT2D eigenvalue weighted by Gasteiger charge is -2.04. The van der Waals surface area contributed by atoms with Crippen LogP contribution in [0, 0.1) is 0 Å². The van der Waals surface area contributed by atoms with Crippen molar-refractivity contribution in [2.24, 2.45) is 0 Å². The van der Waals surface area contributed by atoms with E-state index < -0.39 is 17.4 Å². The fraction of sp³-hybridized carbons (Fsp3) is 0.154. The van der Waals surface area contributed by atoms with E-state index in [1.165, 1.54) is 0 Å². The van der Waals surface area contributed by atoms with Gasteiger partial charge in [0.2, 0.25) is 5.82 Å². The molecule has 0 saturated carbocycles. The molecule has 2 N–H and O–H groups in total. The highest BCUT2D eigenvalue weighted by molar-refractivity contribution is 5.89. The van der Waals surface area contributed by atoms with Crippen LogP contribution in [0.25, 0.3) is 22.2 Å². The molecule has 7 nitrogen and oxygen atoms in total. The molecule has 0 spiro atoms. The van der Waals surface area contributed by atoms with Gasteiger partial charge in [0.1, 0.15) is 0 Å². The monoisotopic (exact) mass is 270 g/mol. The Morgan fingerprint density at radius 3 is 2.75 bits per heavy atom. The highest BCUT2D eigenvalue weighted by Crippen LogP contribution is 2.17. The zero-order valence-corrected chi connectivity index (χ0v) is 10.5. The van der Waals surface area contributed by atoms with Crippen LogP contribution >= 0.6 is 0 Å². The minimum atomic E-state index is -1.31. The molecule has 2 aromatic heterocycles. The summed E-state index contributed by atoms with van der Waals surface area (Å²) in [6, 6.07) is 5.51. The maximum Gasteiger partial charge on any atom is 0.372 e. The van der Waals surface area contributed by atoms with Crippen LogP contribution in [0.3, 0.4) is 0 Å². The fourth-order valence-electron chi connectivity index (χ4n) is 2.04. The number of fused-ring (bicyclic) bond motifs is 2. The molecule has 0 radical (unpaired) electrons. The third-order valence-corrected chi connectivity index (χ3v) is 3.01. The molecule has 0 aliphatic rings. The molecule has 1 aromatic carbocycles. The number of benzene rings is 1. The predicted molar refractivity (Wildman–Crippen MR) is 71.8 cm³/mol. The van der Waals surface area contributed by atoms with Gasteiger partial charge in [0.15, 0.2) is 11.2 Å². The zero-order chi connectivity index (χ0) is 14.3. The highest BCUT2D eigenvalue weighted by Gasteiger charge is 2.13. The van der Waals surface area contributed by atoms with Crippen molar-refractivity contribution in [1.29, 1.82) is 0 Å². The van der Waals surface area contributed by atoms with Crippen molar-refractivity contribution in [3.05, 3.63) is 39.9 Å². The van der Waals surface area contributed by atoms with Gasteiger partial charge >= 0.3 is 5.97 Å². The number of aromatic nitrogens is 4. The smallest absolute Gasteiger partial charge is 0.372 e. The van der Waals surface area contributed by atoms with Gasteiger partial charge in [0, 0.05) is 0 Å². The van der Waals surface area contributed by atoms with Gasteiger partial charge in [-0.1, -0.05) is 19.1 Å². The van der Waals surface area contributed by atoms with Gasteiger partial charge in [-0.05, 0) is 18.1 Å². The maximum atomic E-state index is 11.8. The van der Waals surface area contributed by atoms with Crippen molar-refractivity contribution in [1.82, 2.24) is 19.9 Å². The molecule has 0 aliphatic heterocycles. The van der Waals surface area contributed by atoms with Crippen LogP contribution < -0.4 is 5.56 Å². The van der Waals surface area contributed by atoms with Crippen LogP contribution in [0.5, 0.6) is 0 Å². The first-order valence-electron chi connectivity index (χ1n) is 6.03. The number of nitrogens with zero attached hydrogens (tertiary/aromatic N) is 3. The van der Waals surface area contributed by atoms with Crippen LogP contribution in [-0.2, 0) is 6.42 Å². The van der Waals surface area contributed by atoms with E-state index in [-0.39, 0.29) is 11.2 Å². The average Bonchev–Trinajstić information content (AvgIpc) is 2.44. The first kappa shape index (κ1) is 12.2. The molecule has 0 bridgehead atoms. The van der Waals surface area contributed by atoms with Gasteiger partial charge < -0.3 is 5.11 Å². The number of aryl methyl sites for hydroxylation is 1. The molecular formula is C13H10N4O3. The summed E-state index contributed by atoms with van der Waals surface area (Å²) in [6.07, 6.45) is 0.756. The van der Waals surface area contributed by atoms with Crippen molar-refractivity contribution in [2.45, 2.75) is 13.3 Å². The van der Waals surface area contributed by atoms with Crippen molar-refractivity contribution in [3.63, 3.8) is 0 Å². The molecule has 7 heteroatoms. The molecule has 20 heavy (non-hydrogen) atoms. The van der Waals surface area contributed by atoms with E-state index in [1.54, 1.807) is 6.07 Å². The van der Waals surface area contributed by atoms with E-state index in [4.69, 9.17) is 5.11 Å². The summed E-state index contributed by atoms with van der Waals surface area (Å²) in [5.41, 5.74) is 1.67. The Morgan fingerprint density at radius 1 is 1.25 bits per heavy atom. The molecule has 3 aromatic rings. The Hall–Kier alpha value is -2.83. The van der Waals surface area contributed by atoms with Crippen molar-refractivity contribution in [3.8, 4) is 0 Å². The summed E-state index contributed by atoms with van der Waals surface area (Å²) < 4.78 is 0. The standard InChI is InChI=1S/C13H10N4O3/c1-2-6-4-3-5-7-8(6)15-10-9(14-7)12(18)17-11(16-10)13(19)20/h3-5H,2H2,1H3,(H,19,20)(H,15,16,17,18). The number of carboxylic acid groups (broad SMARTS) is 1. The summed E-state index contributed by atoms with van der Waals surface area (Å²) in [7, 11) is 0. The lowest BCUT2D eigenvalue weighted by molar-refractivity contribution is 0.0683. The zero-order valence-electron chi connectivity index (χ0n) is 10.5. The van der Waals surface area contributed by atoms with E-state index in [0.29, 0.717) is 11.0 Å². The molecule has 0 aliphatic carbocycles. The molecule has 0 amide bonds. The molecule has 0 atom stereocenters. The second-order valence-corrected chi connectivity index (χ2v) is 4.25. The topological polar surface area (TPSA) is 109 Å². The number of hydrogen-bond acceptors (Lipinski definition) is 5. The van der Waals surface area contributed by atoms with Gasteiger partial charge in [0.05, 0.1) is 11.0 Å². The number of carbonyl (C=O) groups is 1. The summed E-state index contributed by atoms with van der Waals surface area (Å²) in [5.74, 6) is -1.75. The number of aromatic amines is 1. The summed E-state index contributed by atoms with van der Waals surface area (Å²) in [6.45, 7) is 1.98. The van der Waals surface area contributed by atoms with Crippen LogP contribution in [-0.4, -0.2) is 31.0 Å². The fourth-order valence-corrected chi connectivity index (χ4v) is 2.04. The summed E-state index contributed by atoms with van der Waals surface area (Å²) in [4.78, 5) is 37.3. The molecule has 0 unspecified atom stereocenters. The highest BCUT2D eigenvalue weighted by atomic mass is 16.4. The predicted octanol–water partition coefficient (Wildman–Crippen LogP) is 1.13. The molecule has 2 heterocycles. The Bertz CT molecular complexity index is 901. The number of hydrogen-bond donors (Lipinski definition) is 2. The maximum absolute atomic E-state index is 11.8. The number of rotatable bonds is 2. The van der Waals surface area contributed by atoms with Crippen LogP contribution in [0.4, 0.5) is 0 Å². The number of carboxylic acids is 1. The lowest BCUT2D eigenvalue weighted by Crippen LogP contribution is -2.17. The number of nitrogens with one attached hydrogen (secondary N) is 1. The van der Waals surface area contributed by atoms with Gasteiger partial charge in [0.25, 0.3) is 5.56 Å². The minimum Gasteiger partial charge on any atom is -0.475 e. The second kappa shape index (κ2) is 4.37. The lowest BCUT2D eigenvalue weighted by atomic mass is 10.1. The van der Waals surface area contributed by atoms with E-state index in [9.17, 15) is 9.59 Å². The van der Waals surface area contributed by atoms with Gasteiger partial charge in [-0.3, -0.25) is 9.78 Å². The number of aromatic carboxylic acids is 1.